The zero-order chi connectivity index (χ0) is 22.5. The Morgan fingerprint density at radius 1 is 1.13 bits per heavy atom. The fraction of sp³-hybridized carbons (Fsp3) is 0.409. The maximum Gasteiger partial charge on any atom is 0.421 e. The van der Waals surface area contributed by atoms with E-state index < -0.39 is 27.5 Å². The summed E-state index contributed by atoms with van der Waals surface area (Å²) in [6.45, 7) is 6.26. The highest BCUT2D eigenvalue weighted by molar-refractivity contribution is 7.89. The minimum Gasteiger partial charge on any atom is -0.491 e. The van der Waals surface area contributed by atoms with E-state index in [1.165, 1.54) is 0 Å². The smallest absolute Gasteiger partial charge is 0.421 e. The van der Waals surface area contributed by atoms with Gasteiger partial charge in [0.05, 0.1) is 12.4 Å². The van der Waals surface area contributed by atoms with Gasteiger partial charge in [-0.1, -0.05) is 30.3 Å². The number of carbonyl (C=O) groups excluding carboxylic acids is 1. The lowest BCUT2D eigenvalue weighted by atomic mass is 10.2. The summed E-state index contributed by atoms with van der Waals surface area (Å²) in [4.78, 5) is 11.9. The quantitative estimate of drug-likeness (QED) is 0.585. The van der Waals surface area contributed by atoms with Gasteiger partial charge in [-0.15, -0.1) is 0 Å². The number of rotatable bonds is 9. The summed E-state index contributed by atoms with van der Waals surface area (Å²) in [6.07, 6.45) is -0.965. The van der Waals surface area contributed by atoms with Crippen molar-refractivity contribution in [2.75, 3.05) is 13.2 Å². The van der Waals surface area contributed by atoms with Gasteiger partial charge in [-0.25, -0.2) is 17.9 Å². The molecule has 0 bridgehead atoms. The van der Waals surface area contributed by atoms with E-state index in [1.54, 1.807) is 39.0 Å². The summed E-state index contributed by atoms with van der Waals surface area (Å²) in [5, 5.41) is 0. The van der Waals surface area contributed by atoms with Crippen LogP contribution in [0.3, 0.4) is 0 Å². The second-order valence-corrected chi connectivity index (χ2v) is 9.90. The summed E-state index contributed by atoms with van der Waals surface area (Å²) in [5.41, 5.74) is 0.484. The second-order valence-electron chi connectivity index (χ2n) is 8.17. The molecule has 1 atom stereocenters. The number of nitrogens with one attached hydrogen (secondary N) is 1. The Morgan fingerprint density at radius 3 is 2.48 bits per heavy atom. The zero-order valence-corrected chi connectivity index (χ0v) is 18.6. The van der Waals surface area contributed by atoms with Crippen LogP contribution in [0.5, 0.6) is 11.5 Å². The molecule has 1 aliphatic rings. The molecule has 0 spiro atoms. The first kappa shape index (κ1) is 22.9. The van der Waals surface area contributed by atoms with Crippen LogP contribution in [0.15, 0.2) is 48.5 Å². The van der Waals surface area contributed by atoms with Crippen molar-refractivity contribution in [2.45, 2.75) is 44.8 Å². The van der Waals surface area contributed by atoms with Crippen LogP contribution in [0.25, 0.3) is 0 Å². The molecule has 1 amide bonds. The number of hydrogen-bond acceptors (Lipinski definition) is 7. The lowest BCUT2D eigenvalue weighted by Crippen LogP contribution is -2.37. The third-order valence-electron chi connectivity index (χ3n) is 4.09. The molecule has 2 aromatic rings. The second kappa shape index (κ2) is 9.57. The predicted molar refractivity (Wildman–Crippen MR) is 114 cm³/mol. The van der Waals surface area contributed by atoms with Gasteiger partial charge in [0.25, 0.3) is 0 Å². The maximum absolute atomic E-state index is 12.6. The van der Waals surface area contributed by atoms with Crippen LogP contribution in [0.4, 0.5) is 4.79 Å². The number of sulfonamides is 1. The van der Waals surface area contributed by atoms with Crippen molar-refractivity contribution in [3.05, 3.63) is 59.7 Å². The predicted octanol–water partition coefficient (Wildman–Crippen LogP) is 3.40. The van der Waals surface area contributed by atoms with Crippen molar-refractivity contribution in [3.63, 3.8) is 0 Å². The SMILES string of the molecule is CC(C)(C)OC(=O)NS(=O)(=O)Cc1cc(OC[C@@H]2CO2)ccc1OCc1ccccc1. The number of epoxide rings is 1. The number of ether oxygens (including phenoxy) is 4. The van der Waals surface area contributed by atoms with Gasteiger partial charge in [0.15, 0.2) is 0 Å². The molecule has 168 valence electrons. The Kier molecular flexibility index (Phi) is 7.07. The molecular formula is C22H27NO7S. The van der Waals surface area contributed by atoms with E-state index in [-0.39, 0.29) is 12.7 Å². The van der Waals surface area contributed by atoms with E-state index in [2.05, 4.69) is 0 Å². The topological polar surface area (TPSA) is 103 Å². The van der Waals surface area contributed by atoms with Crippen LogP contribution in [-0.4, -0.2) is 39.4 Å². The number of carbonyl (C=O) groups is 1. The van der Waals surface area contributed by atoms with Crippen molar-refractivity contribution < 1.29 is 32.2 Å². The maximum atomic E-state index is 12.6. The Labute approximate surface area is 182 Å². The minimum atomic E-state index is -4.03. The fourth-order valence-corrected chi connectivity index (χ4v) is 3.66. The molecule has 0 radical (unpaired) electrons. The highest BCUT2D eigenvalue weighted by atomic mass is 32.2. The molecule has 1 heterocycles. The van der Waals surface area contributed by atoms with E-state index in [4.69, 9.17) is 18.9 Å². The lowest BCUT2D eigenvalue weighted by Gasteiger charge is -2.20. The molecule has 0 aliphatic carbocycles. The molecule has 0 aromatic heterocycles. The molecule has 31 heavy (non-hydrogen) atoms. The van der Waals surface area contributed by atoms with Gasteiger partial charge >= 0.3 is 6.09 Å². The van der Waals surface area contributed by atoms with E-state index in [0.29, 0.717) is 30.3 Å². The van der Waals surface area contributed by atoms with Crippen molar-refractivity contribution in [1.82, 2.24) is 4.72 Å². The molecule has 1 aliphatic heterocycles. The first-order chi connectivity index (χ1) is 14.6. The molecule has 1 saturated heterocycles. The largest absolute Gasteiger partial charge is 0.491 e. The monoisotopic (exact) mass is 449 g/mol. The molecule has 3 rings (SSSR count). The normalized spacial score (nSPS) is 15.8. The third-order valence-corrected chi connectivity index (χ3v) is 5.26. The molecular weight excluding hydrogens is 422 g/mol. The minimum absolute atomic E-state index is 0.0648. The average molecular weight is 450 g/mol. The number of amides is 1. The molecule has 0 unspecified atom stereocenters. The van der Waals surface area contributed by atoms with Crippen molar-refractivity contribution >= 4 is 16.1 Å². The molecule has 1 fully saturated rings. The molecule has 0 saturated carbocycles. The van der Waals surface area contributed by atoms with Crippen LogP contribution in [0.2, 0.25) is 0 Å². The first-order valence-electron chi connectivity index (χ1n) is 9.87. The highest BCUT2D eigenvalue weighted by Gasteiger charge is 2.25. The van der Waals surface area contributed by atoms with Gasteiger partial charge in [0.2, 0.25) is 10.0 Å². The Balaban J connectivity index is 1.74. The number of hydrogen-bond donors (Lipinski definition) is 1. The lowest BCUT2D eigenvalue weighted by molar-refractivity contribution is 0.0570. The van der Waals surface area contributed by atoms with Crippen LogP contribution in [0.1, 0.15) is 31.9 Å². The van der Waals surface area contributed by atoms with Crippen molar-refractivity contribution in [2.24, 2.45) is 0 Å². The van der Waals surface area contributed by atoms with Crippen LogP contribution < -0.4 is 14.2 Å². The Hall–Kier alpha value is -2.78. The van der Waals surface area contributed by atoms with Crippen LogP contribution in [0, 0.1) is 0 Å². The Bertz CT molecular complexity index is 996. The highest BCUT2D eigenvalue weighted by Crippen LogP contribution is 2.28. The van der Waals surface area contributed by atoms with Crippen molar-refractivity contribution in [3.8, 4) is 11.5 Å². The van der Waals surface area contributed by atoms with Crippen LogP contribution in [-0.2, 0) is 31.9 Å². The summed E-state index contributed by atoms with van der Waals surface area (Å²) >= 11 is 0. The first-order valence-corrected chi connectivity index (χ1v) is 11.5. The number of benzene rings is 2. The fourth-order valence-electron chi connectivity index (χ4n) is 2.65. The van der Waals surface area contributed by atoms with Gasteiger partial charge in [0.1, 0.15) is 36.4 Å². The van der Waals surface area contributed by atoms with Crippen molar-refractivity contribution in [1.29, 1.82) is 0 Å². The molecule has 9 heteroatoms. The van der Waals surface area contributed by atoms with E-state index >= 15 is 0 Å². The van der Waals surface area contributed by atoms with E-state index in [0.717, 1.165) is 5.56 Å². The zero-order valence-electron chi connectivity index (χ0n) is 17.8. The summed E-state index contributed by atoms with van der Waals surface area (Å²) in [6, 6.07) is 14.5. The summed E-state index contributed by atoms with van der Waals surface area (Å²) in [7, 11) is -4.03. The van der Waals surface area contributed by atoms with Gasteiger partial charge < -0.3 is 18.9 Å². The summed E-state index contributed by atoms with van der Waals surface area (Å²) < 4.78 is 48.8. The standard InChI is InChI=1S/C22H27NO7S/c1-22(2,3)30-21(24)23-31(25,26)15-17-11-18(27-13-19-14-28-19)9-10-20(17)29-12-16-7-5-4-6-8-16/h4-11,19H,12-15H2,1-3H3,(H,23,24)/t19-/m1/s1. The van der Waals surface area contributed by atoms with Gasteiger partial charge in [-0.05, 0) is 44.5 Å². The Morgan fingerprint density at radius 2 is 1.84 bits per heavy atom. The molecule has 2 aromatic carbocycles. The average Bonchev–Trinajstić information content (AvgIpc) is 3.48. The van der Waals surface area contributed by atoms with Gasteiger partial charge in [-0.2, -0.15) is 0 Å². The van der Waals surface area contributed by atoms with E-state index in [9.17, 15) is 13.2 Å². The third kappa shape index (κ3) is 8.10. The van der Waals surface area contributed by atoms with E-state index in [1.807, 2.05) is 35.1 Å². The molecule has 8 nitrogen and oxygen atoms in total. The van der Waals surface area contributed by atoms with Gasteiger partial charge in [-0.3, -0.25) is 0 Å². The van der Waals surface area contributed by atoms with Crippen LogP contribution >= 0.6 is 0 Å². The molecule has 1 N–H and O–H groups in total. The van der Waals surface area contributed by atoms with Gasteiger partial charge in [0, 0.05) is 5.56 Å². The summed E-state index contributed by atoms with van der Waals surface area (Å²) in [5.74, 6) is 0.395.